The number of rotatable bonds is 5. The largest absolute Gasteiger partial charge is 0.494 e. The van der Waals surface area contributed by atoms with Crippen LogP contribution in [0.4, 0.5) is 5.69 Å². The van der Waals surface area contributed by atoms with Crippen molar-refractivity contribution in [3.63, 3.8) is 0 Å². The number of halogens is 1. The first-order chi connectivity index (χ1) is 16.2. The fourth-order valence-electron chi connectivity index (χ4n) is 4.00. The van der Waals surface area contributed by atoms with E-state index in [2.05, 4.69) is 57.6 Å². The van der Waals surface area contributed by atoms with Crippen LogP contribution in [0.25, 0.3) is 11.8 Å². The van der Waals surface area contributed by atoms with Gasteiger partial charge >= 0.3 is 0 Å². The zero-order valence-corrected chi connectivity index (χ0v) is 22.3. The summed E-state index contributed by atoms with van der Waals surface area (Å²) in [6, 6.07) is 15.3. The van der Waals surface area contributed by atoms with Crippen LogP contribution in [0, 0.1) is 24.3 Å². The van der Waals surface area contributed by atoms with Crippen molar-refractivity contribution in [1.29, 1.82) is 0 Å². The Morgan fingerprint density at radius 1 is 1.03 bits per heavy atom. The molecule has 8 heteroatoms. The van der Waals surface area contributed by atoms with E-state index in [-0.39, 0.29) is 10.7 Å². The number of hydrogen-bond donors (Lipinski definition) is 1. The maximum Gasteiger partial charge on any atom is 0.270 e. The number of carbonyl (C=O) groups excluding carboxylic acids is 2. The monoisotopic (exact) mass is 585 g/mol. The maximum atomic E-state index is 13.4. The number of nitrogens with zero attached hydrogens (tertiary/aromatic N) is 2. The maximum absolute atomic E-state index is 13.4. The second-order valence-corrected chi connectivity index (χ2v) is 9.53. The first kappa shape index (κ1) is 24.2. The molecule has 4 rings (SSSR count). The first-order valence-corrected chi connectivity index (χ1v) is 12.3. The molecule has 0 radical (unpaired) electrons. The second-order valence-electron chi connectivity index (χ2n) is 7.98. The third-order valence-electron chi connectivity index (χ3n) is 5.68. The Kier molecular flexibility index (Phi) is 6.90. The highest BCUT2D eigenvalue weighted by molar-refractivity contribution is 14.1. The second kappa shape index (κ2) is 9.71. The Morgan fingerprint density at radius 3 is 2.35 bits per heavy atom. The lowest BCUT2D eigenvalue weighted by Crippen LogP contribution is -2.54. The van der Waals surface area contributed by atoms with Crippen LogP contribution < -0.4 is 15.0 Å². The van der Waals surface area contributed by atoms with Gasteiger partial charge in [0.1, 0.15) is 11.3 Å². The van der Waals surface area contributed by atoms with Crippen molar-refractivity contribution in [2.45, 2.75) is 27.7 Å². The van der Waals surface area contributed by atoms with Crippen LogP contribution in [-0.4, -0.2) is 28.1 Å². The Bertz CT molecular complexity index is 1340. The van der Waals surface area contributed by atoms with Crippen molar-refractivity contribution >= 4 is 63.5 Å². The van der Waals surface area contributed by atoms with E-state index < -0.39 is 11.8 Å². The smallest absolute Gasteiger partial charge is 0.270 e. The summed E-state index contributed by atoms with van der Waals surface area (Å²) in [5.41, 5.74) is 5.55. The molecule has 1 aliphatic rings. The van der Waals surface area contributed by atoms with E-state index in [0.717, 1.165) is 22.6 Å². The summed E-state index contributed by atoms with van der Waals surface area (Å²) >= 11 is 7.63. The summed E-state index contributed by atoms with van der Waals surface area (Å²) in [5, 5.41) is 2.70. The number of nitrogens with one attached hydrogen (secondary N) is 1. The van der Waals surface area contributed by atoms with Gasteiger partial charge in [0.15, 0.2) is 5.11 Å². The molecule has 0 unspecified atom stereocenters. The average Bonchev–Trinajstić information content (AvgIpc) is 3.07. The number of hydrogen-bond acceptors (Lipinski definition) is 4. The predicted molar refractivity (Wildman–Crippen MR) is 147 cm³/mol. The molecule has 0 bridgehead atoms. The summed E-state index contributed by atoms with van der Waals surface area (Å²) in [6.45, 7) is 8.51. The van der Waals surface area contributed by atoms with Gasteiger partial charge in [-0.05, 0) is 128 Å². The number of anilines is 1. The van der Waals surface area contributed by atoms with Crippen molar-refractivity contribution in [1.82, 2.24) is 9.88 Å². The van der Waals surface area contributed by atoms with Crippen LogP contribution in [0.1, 0.15) is 29.4 Å². The highest BCUT2D eigenvalue weighted by Crippen LogP contribution is 2.28. The molecule has 0 spiro atoms. The van der Waals surface area contributed by atoms with Crippen LogP contribution in [0.15, 0.2) is 54.1 Å². The molecule has 2 aromatic carbocycles. The van der Waals surface area contributed by atoms with Gasteiger partial charge in [0.25, 0.3) is 11.8 Å². The molecule has 6 nitrogen and oxygen atoms in total. The zero-order chi connectivity index (χ0) is 24.6. The number of ether oxygens (including phenoxy) is 1. The summed E-state index contributed by atoms with van der Waals surface area (Å²) in [6.07, 6.45) is 1.64. The lowest BCUT2D eigenvalue weighted by atomic mass is 10.1. The average molecular weight is 585 g/mol. The molecule has 3 aromatic rings. The standard InChI is InChI=1S/C26H24IN3O3S/c1-5-33-21-9-6-19(7-10-21)30-25(32)22(24(31)28-26(30)34)14-18-13-16(3)29(17(18)4)20-8-11-23(27)15(2)12-20/h6-14H,5H2,1-4H3,(H,28,31,34)/b22-14+. The molecule has 1 saturated heterocycles. The van der Waals surface area contributed by atoms with E-state index in [1.54, 1.807) is 30.3 Å². The fraction of sp³-hybridized carbons (Fsp3) is 0.192. The van der Waals surface area contributed by atoms with E-state index in [9.17, 15) is 9.59 Å². The number of carbonyl (C=O) groups is 2. The third-order valence-corrected chi connectivity index (χ3v) is 7.17. The molecule has 34 heavy (non-hydrogen) atoms. The Balaban J connectivity index is 1.72. The minimum Gasteiger partial charge on any atom is -0.494 e. The summed E-state index contributed by atoms with van der Waals surface area (Å²) < 4.78 is 8.79. The van der Waals surface area contributed by atoms with Crippen LogP contribution in [-0.2, 0) is 9.59 Å². The first-order valence-electron chi connectivity index (χ1n) is 10.8. The Hall–Kier alpha value is -2.98. The fourth-order valence-corrected chi connectivity index (χ4v) is 4.62. The minimum absolute atomic E-state index is 0.0292. The van der Waals surface area contributed by atoms with E-state index in [0.29, 0.717) is 18.0 Å². The molecule has 1 aliphatic heterocycles. The van der Waals surface area contributed by atoms with Crippen molar-refractivity contribution in [3.8, 4) is 11.4 Å². The number of aromatic nitrogens is 1. The van der Waals surface area contributed by atoms with Gasteiger partial charge in [-0.15, -0.1) is 0 Å². The van der Waals surface area contributed by atoms with Gasteiger partial charge in [-0.25, -0.2) is 0 Å². The topological polar surface area (TPSA) is 63.6 Å². The molecule has 1 N–H and O–H groups in total. The predicted octanol–water partition coefficient (Wildman–Crippen LogP) is 5.24. The van der Waals surface area contributed by atoms with Crippen LogP contribution in [0.3, 0.4) is 0 Å². The quantitative estimate of drug-likeness (QED) is 0.193. The van der Waals surface area contributed by atoms with E-state index in [4.69, 9.17) is 17.0 Å². The van der Waals surface area contributed by atoms with Crippen LogP contribution in [0.5, 0.6) is 5.75 Å². The number of thiocarbonyl (C=S) groups is 1. The summed E-state index contributed by atoms with van der Waals surface area (Å²) in [4.78, 5) is 27.5. The Morgan fingerprint density at radius 2 is 1.71 bits per heavy atom. The van der Waals surface area contributed by atoms with Crippen LogP contribution in [0.2, 0.25) is 0 Å². The minimum atomic E-state index is -0.507. The molecule has 0 aliphatic carbocycles. The Labute approximate surface area is 217 Å². The molecule has 174 valence electrons. The lowest BCUT2D eigenvalue weighted by Gasteiger charge is -2.29. The third kappa shape index (κ3) is 4.52. The highest BCUT2D eigenvalue weighted by atomic mass is 127. The molecule has 2 amide bonds. The number of amides is 2. The molecule has 0 atom stereocenters. The summed E-state index contributed by atoms with van der Waals surface area (Å²) in [7, 11) is 0. The van der Waals surface area contributed by atoms with E-state index >= 15 is 0 Å². The zero-order valence-electron chi connectivity index (χ0n) is 19.3. The van der Waals surface area contributed by atoms with Crippen molar-refractivity contribution in [2.24, 2.45) is 0 Å². The number of benzene rings is 2. The molecule has 1 aromatic heterocycles. The van der Waals surface area contributed by atoms with E-state index in [1.807, 2.05) is 26.8 Å². The van der Waals surface area contributed by atoms with Gasteiger partial charge < -0.3 is 9.30 Å². The summed E-state index contributed by atoms with van der Waals surface area (Å²) in [5.74, 6) is -0.278. The molecular formula is C26H24IN3O3S. The lowest BCUT2D eigenvalue weighted by molar-refractivity contribution is -0.122. The number of aryl methyl sites for hydroxylation is 2. The van der Waals surface area contributed by atoms with Crippen LogP contribution >= 0.6 is 34.8 Å². The van der Waals surface area contributed by atoms with Gasteiger partial charge in [-0.2, -0.15) is 0 Å². The SMILES string of the molecule is CCOc1ccc(N2C(=O)/C(=C/c3cc(C)n(-c4ccc(I)c(C)c4)c3C)C(=O)NC2=S)cc1. The van der Waals surface area contributed by atoms with Gasteiger partial charge in [0, 0.05) is 20.6 Å². The van der Waals surface area contributed by atoms with Gasteiger partial charge in [0.2, 0.25) is 0 Å². The van der Waals surface area contributed by atoms with Crippen molar-refractivity contribution in [3.05, 3.63) is 80.2 Å². The molecule has 1 fully saturated rings. The highest BCUT2D eigenvalue weighted by Gasteiger charge is 2.34. The van der Waals surface area contributed by atoms with Gasteiger partial charge in [-0.3, -0.25) is 19.8 Å². The van der Waals surface area contributed by atoms with E-state index in [1.165, 1.54) is 14.0 Å². The normalized spacial score (nSPS) is 15.1. The molecule has 0 saturated carbocycles. The molecular weight excluding hydrogens is 561 g/mol. The van der Waals surface area contributed by atoms with Gasteiger partial charge in [-0.1, -0.05) is 0 Å². The molecule has 2 heterocycles. The van der Waals surface area contributed by atoms with Crippen molar-refractivity contribution < 1.29 is 14.3 Å². The van der Waals surface area contributed by atoms with Crippen molar-refractivity contribution in [2.75, 3.05) is 11.5 Å². The van der Waals surface area contributed by atoms with Gasteiger partial charge in [0.05, 0.1) is 12.3 Å².